The van der Waals surface area contributed by atoms with Crippen LogP contribution < -0.4 is 10.6 Å². The van der Waals surface area contributed by atoms with Crippen molar-refractivity contribution >= 4 is 6.09 Å². The number of unbranched alkanes of at least 4 members (excludes halogenated alkanes) is 3. The van der Waals surface area contributed by atoms with Gasteiger partial charge in [0.05, 0.1) is 0 Å². The van der Waals surface area contributed by atoms with Gasteiger partial charge in [0.2, 0.25) is 0 Å². The van der Waals surface area contributed by atoms with Crippen LogP contribution in [0.15, 0.2) is 0 Å². The molecule has 0 aliphatic heterocycles. The van der Waals surface area contributed by atoms with Crippen LogP contribution in [0.3, 0.4) is 0 Å². The van der Waals surface area contributed by atoms with Gasteiger partial charge in [0.1, 0.15) is 5.60 Å². The van der Waals surface area contributed by atoms with E-state index in [1.807, 2.05) is 20.8 Å². The van der Waals surface area contributed by atoms with Crippen LogP contribution in [0.1, 0.15) is 59.8 Å². The van der Waals surface area contributed by atoms with Crippen LogP contribution in [0.5, 0.6) is 0 Å². The molecule has 18 heavy (non-hydrogen) atoms. The highest BCUT2D eigenvalue weighted by Gasteiger charge is 2.15. The number of ether oxygens (including phenoxy) is 1. The number of hydrogen-bond donors (Lipinski definition) is 2. The minimum atomic E-state index is -0.409. The lowest BCUT2D eigenvalue weighted by Gasteiger charge is -2.19. The second-order valence-corrected chi connectivity index (χ2v) is 5.59. The van der Waals surface area contributed by atoms with Crippen molar-refractivity contribution in [3.05, 3.63) is 0 Å². The van der Waals surface area contributed by atoms with Gasteiger partial charge in [0.25, 0.3) is 0 Å². The van der Waals surface area contributed by atoms with E-state index in [1.54, 1.807) is 0 Å². The zero-order valence-corrected chi connectivity index (χ0v) is 12.5. The van der Waals surface area contributed by atoms with E-state index in [0.29, 0.717) is 6.54 Å². The lowest BCUT2D eigenvalue weighted by Crippen LogP contribution is -2.33. The van der Waals surface area contributed by atoms with Gasteiger partial charge in [-0.15, -0.1) is 0 Å². The van der Waals surface area contributed by atoms with Crippen LogP contribution >= 0.6 is 0 Å². The first-order valence-electron chi connectivity index (χ1n) is 7.13. The topological polar surface area (TPSA) is 50.4 Å². The molecule has 0 aromatic carbocycles. The van der Waals surface area contributed by atoms with Gasteiger partial charge >= 0.3 is 6.09 Å². The number of carbonyl (C=O) groups is 1. The number of alkyl carbamates (subject to hydrolysis) is 1. The zero-order valence-electron chi connectivity index (χ0n) is 12.5. The Morgan fingerprint density at radius 3 is 2.22 bits per heavy atom. The molecule has 0 saturated heterocycles. The molecule has 0 unspecified atom stereocenters. The average molecular weight is 258 g/mol. The molecule has 0 spiro atoms. The predicted octanol–water partition coefficient (Wildman–Crippen LogP) is 3.07. The second-order valence-electron chi connectivity index (χ2n) is 5.59. The Morgan fingerprint density at radius 1 is 1.00 bits per heavy atom. The molecule has 0 fully saturated rings. The lowest BCUT2D eigenvalue weighted by atomic mass is 10.2. The number of rotatable bonds is 9. The Labute approximate surface area is 112 Å². The van der Waals surface area contributed by atoms with Crippen molar-refractivity contribution in [2.45, 2.75) is 65.4 Å². The first kappa shape index (κ1) is 17.2. The van der Waals surface area contributed by atoms with E-state index in [-0.39, 0.29) is 6.09 Å². The molecule has 0 aliphatic rings. The molecule has 4 nitrogen and oxygen atoms in total. The van der Waals surface area contributed by atoms with E-state index in [9.17, 15) is 4.79 Å². The molecular formula is C14H30N2O2. The molecule has 0 aliphatic carbocycles. The molecule has 2 N–H and O–H groups in total. The second kappa shape index (κ2) is 10.2. The minimum absolute atomic E-state index is 0.316. The largest absolute Gasteiger partial charge is 0.444 e. The smallest absolute Gasteiger partial charge is 0.407 e. The van der Waals surface area contributed by atoms with Crippen LogP contribution in [-0.2, 0) is 4.74 Å². The summed E-state index contributed by atoms with van der Waals surface area (Å²) in [7, 11) is 0. The van der Waals surface area contributed by atoms with E-state index in [4.69, 9.17) is 4.74 Å². The van der Waals surface area contributed by atoms with Crippen molar-refractivity contribution < 1.29 is 9.53 Å². The van der Waals surface area contributed by atoms with Crippen molar-refractivity contribution in [3.63, 3.8) is 0 Å². The number of hydrogen-bond acceptors (Lipinski definition) is 3. The zero-order chi connectivity index (χ0) is 13.9. The molecule has 0 heterocycles. The summed E-state index contributed by atoms with van der Waals surface area (Å²) in [5.74, 6) is 0. The van der Waals surface area contributed by atoms with E-state index in [0.717, 1.165) is 25.9 Å². The summed E-state index contributed by atoms with van der Waals surface area (Å²) in [5.41, 5.74) is -0.409. The van der Waals surface area contributed by atoms with E-state index in [2.05, 4.69) is 17.6 Å². The highest BCUT2D eigenvalue weighted by Crippen LogP contribution is 2.06. The fourth-order valence-corrected chi connectivity index (χ4v) is 1.48. The van der Waals surface area contributed by atoms with Gasteiger partial charge in [-0.3, -0.25) is 0 Å². The Kier molecular flexibility index (Phi) is 9.74. The van der Waals surface area contributed by atoms with Crippen molar-refractivity contribution in [1.29, 1.82) is 0 Å². The van der Waals surface area contributed by atoms with Gasteiger partial charge in [-0.25, -0.2) is 4.79 Å². The summed E-state index contributed by atoms with van der Waals surface area (Å²) in [5, 5.41) is 6.17. The maximum Gasteiger partial charge on any atom is 0.407 e. The Morgan fingerprint density at radius 2 is 1.61 bits per heavy atom. The summed E-state index contributed by atoms with van der Waals surface area (Å²) < 4.78 is 5.15. The molecule has 0 bridgehead atoms. The van der Waals surface area contributed by atoms with Crippen molar-refractivity contribution in [1.82, 2.24) is 10.6 Å². The molecule has 0 aromatic rings. The SMILES string of the molecule is CCCCNCCCCCNC(=O)OC(C)(C)C. The Hall–Kier alpha value is -0.770. The maximum absolute atomic E-state index is 11.3. The number of carbonyl (C=O) groups excluding carboxylic acids is 1. The highest BCUT2D eigenvalue weighted by atomic mass is 16.6. The quantitative estimate of drug-likeness (QED) is 0.625. The normalized spacial score (nSPS) is 11.3. The molecule has 1 amide bonds. The fourth-order valence-electron chi connectivity index (χ4n) is 1.48. The van der Waals surface area contributed by atoms with Crippen molar-refractivity contribution in [2.24, 2.45) is 0 Å². The minimum Gasteiger partial charge on any atom is -0.444 e. The number of amides is 1. The first-order chi connectivity index (χ1) is 8.45. The van der Waals surface area contributed by atoms with Gasteiger partial charge in [-0.1, -0.05) is 19.8 Å². The van der Waals surface area contributed by atoms with E-state index >= 15 is 0 Å². The summed E-state index contributed by atoms with van der Waals surface area (Å²) in [6, 6.07) is 0. The van der Waals surface area contributed by atoms with Crippen LogP contribution in [0.25, 0.3) is 0 Å². The molecule has 108 valence electrons. The van der Waals surface area contributed by atoms with E-state index in [1.165, 1.54) is 19.3 Å². The van der Waals surface area contributed by atoms with Gasteiger partial charge in [-0.05, 0) is 53.1 Å². The monoisotopic (exact) mass is 258 g/mol. The van der Waals surface area contributed by atoms with Crippen LogP contribution in [0.2, 0.25) is 0 Å². The van der Waals surface area contributed by atoms with Crippen LogP contribution in [0, 0.1) is 0 Å². The molecule has 0 radical (unpaired) electrons. The summed E-state index contributed by atoms with van der Waals surface area (Å²) >= 11 is 0. The predicted molar refractivity (Wildman–Crippen MR) is 75.9 cm³/mol. The fraction of sp³-hybridized carbons (Fsp3) is 0.929. The van der Waals surface area contributed by atoms with Gasteiger partial charge in [-0.2, -0.15) is 0 Å². The van der Waals surface area contributed by atoms with Crippen molar-refractivity contribution in [3.8, 4) is 0 Å². The van der Waals surface area contributed by atoms with Crippen molar-refractivity contribution in [2.75, 3.05) is 19.6 Å². The molecule has 0 saturated carbocycles. The summed E-state index contributed by atoms with van der Waals surface area (Å²) in [6.07, 6.45) is 5.49. The lowest BCUT2D eigenvalue weighted by molar-refractivity contribution is 0.0527. The Balaban J connectivity index is 3.23. The third-order valence-corrected chi connectivity index (χ3v) is 2.41. The maximum atomic E-state index is 11.3. The van der Waals surface area contributed by atoms with Gasteiger partial charge < -0.3 is 15.4 Å². The van der Waals surface area contributed by atoms with Gasteiger partial charge in [0, 0.05) is 6.54 Å². The first-order valence-corrected chi connectivity index (χ1v) is 7.13. The molecule has 0 aromatic heterocycles. The molecule has 0 rings (SSSR count). The highest BCUT2D eigenvalue weighted by molar-refractivity contribution is 5.67. The standard InChI is InChI=1S/C14H30N2O2/c1-5-6-10-15-11-8-7-9-12-16-13(17)18-14(2,3)4/h15H,5-12H2,1-4H3,(H,16,17). The Bertz CT molecular complexity index is 212. The van der Waals surface area contributed by atoms with Crippen LogP contribution in [-0.4, -0.2) is 31.3 Å². The average Bonchev–Trinajstić information content (AvgIpc) is 2.24. The molecule has 4 heteroatoms. The molecular weight excluding hydrogens is 228 g/mol. The van der Waals surface area contributed by atoms with E-state index < -0.39 is 5.60 Å². The molecule has 0 atom stereocenters. The van der Waals surface area contributed by atoms with Crippen LogP contribution in [0.4, 0.5) is 4.79 Å². The third-order valence-electron chi connectivity index (χ3n) is 2.41. The number of nitrogens with one attached hydrogen (secondary N) is 2. The summed E-state index contributed by atoms with van der Waals surface area (Å²) in [4.78, 5) is 11.3. The summed E-state index contributed by atoms with van der Waals surface area (Å²) in [6.45, 7) is 10.7. The third kappa shape index (κ3) is 13.3. The van der Waals surface area contributed by atoms with Gasteiger partial charge in [0.15, 0.2) is 0 Å².